The number of carbonyl (C=O) groups excluding carboxylic acids is 3. The molecular weight excluding hydrogens is 566 g/mol. The summed E-state index contributed by atoms with van der Waals surface area (Å²) in [4.78, 5) is 37.4. The average molecular weight is 625 g/mol. The van der Waals surface area contributed by atoms with Gasteiger partial charge >= 0.3 is 12.2 Å². The van der Waals surface area contributed by atoms with E-state index in [1.54, 1.807) is 0 Å². The van der Waals surface area contributed by atoms with Crippen LogP contribution in [0.5, 0.6) is 0 Å². The quantitative estimate of drug-likeness (QED) is 0.0945. The molecule has 10 heteroatoms. The molecule has 1 heterocycles. The summed E-state index contributed by atoms with van der Waals surface area (Å²) in [6.45, 7) is 6.84. The Kier molecular flexibility index (Phi) is 23.3. The Morgan fingerprint density at radius 2 is 1.33 bits per heavy atom. The molecule has 1 rings (SSSR count). The second-order valence-electron chi connectivity index (χ2n) is 11.1. The molecule has 0 aliphatic heterocycles. The van der Waals surface area contributed by atoms with Gasteiger partial charge in [-0.15, -0.1) is 0 Å². The van der Waals surface area contributed by atoms with Gasteiger partial charge in [-0.05, 0) is 13.3 Å². The lowest BCUT2D eigenvalue weighted by Crippen LogP contribution is -2.43. The van der Waals surface area contributed by atoms with Crippen LogP contribution in [-0.2, 0) is 38.2 Å². The van der Waals surface area contributed by atoms with Gasteiger partial charge < -0.3 is 14.8 Å². The standard InChI is InChI=1S/C33H57N3O6S/c1-4-6-7-8-9-10-11-12-13-14-15-16-17-18-20-23-34-32(38)41-25-27-43(40)28-26-42-33(39)36(30(3)37)29-31-22-19-21-24-35(31)5-2/h19,21-22,24H,4-18,20,23,25-29H2,1-3H3/p+1. The summed E-state index contributed by atoms with van der Waals surface area (Å²) in [5.74, 6) is -0.177. The Morgan fingerprint density at radius 1 is 0.791 bits per heavy atom. The number of aryl methyl sites for hydroxylation is 1. The first-order chi connectivity index (χ1) is 20.9. The van der Waals surface area contributed by atoms with Gasteiger partial charge in [-0.3, -0.25) is 9.00 Å². The maximum atomic E-state index is 12.5. The minimum Gasteiger partial charge on any atom is -0.449 e. The number of nitrogens with one attached hydrogen (secondary N) is 1. The van der Waals surface area contributed by atoms with Gasteiger partial charge in [0.05, 0.1) is 11.5 Å². The van der Waals surface area contributed by atoms with Crippen molar-refractivity contribution >= 4 is 28.9 Å². The molecule has 0 aliphatic rings. The third-order valence-electron chi connectivity index (χ3n) is 7.43. The van der Waals surface area contributed by atoms with Crippen molar-refractivity contribution < 1.29 is 32.6 Å². The Balaban J connectivity index is 2.01. The third-order valence-corrected chi connectivity index (χ3v) is 8.67. The molecule has 1 aromatic heterocycles. The Morgan fingerprint density at radius 3 is 1.86 bits per heavy atom. The fraction of sp³-hybridized carbons (Fsp3) is 0.758. The number of rotatable bonds is 25. The number of carbonyl (C=O) groups is 3. The summed E-state index contributed by atoms with van der Waals surface area (Å²) in [6.07, 6.45) is 20.1. The van der Waals surface area contributed by atoms with Crippen molar-refractivity contribution in [1.29, 1.82) is 0 Å². The second-order valence-corrected chi connectivity index (χ2v) is 12.8. The fourth-order valence-corrected chi connectivity index (χ4v) is 5.54. The van der Waals surface area contributed by atoms with Crippen LogP contribution in [0.15, 0.2) is 24.4 Å². The summed E-state index contributed by atoms with van der Waals surface area (Å²) in [6, 6.07) is 5.57. The molecule has 246 valence electrons. The van der Waals surface area contributed by atoms with Crippen molar-refractivity contribution in [3.8, 4) is 0 Å². The van der Waals surface area contributed by atoms with Gasteiger partial charge in [0.1, 0.15) is 26.3 Å². The first-order valence-electron chi connectivity index (χ1n) is 16.6. The lowest BCUT2D eigenvalue weighted by Gasteiger charge is -2.17. The minimum absolute atomic E-state index is 0.0237. The fourth-order valence-electron chi connectivity index (χ4n) is 4.80. The van der Waals surface area contributed by atoms with E-state index in [1.165, 1.54) is 90.4 Å². The number of ether oxygens (including phenoxy) is 2. The molecule has 0 radical (unpaired) electrons. The number of hydrogen-bond acceptors (Lipinski definition) is 6. The number of unbranched alkanes of at least 4 members (excludes halogenated alkanes) is 14. The largest absolute Gasteiger partial charge is 0.449 e. The van der Waals surface area contributed by atoms with Gasteiger partial charge in [-0.2, -0.15) is 0 Å². The normalized spacial score (nSPS) is 11.6. The highest BCUT2D eigenvalue weighted by Gasteiger charge is 2.24. The average Bonchev–Trinajstić information content (AvgIpc) is 2.99. The Hall–Kier alpha value is -2.49. The smallest absolute Gasteiger partial charge is 0.417 e. The number of alkyl carbamates (subject to hydrolysis) is 1. The molecule has 0 saturated carbocycles. The summed E-state index contributed by atoms with van der Waals surface area (Å²) >= 11 is 0. The van der Waals surface area contributed by atoms with Crippen LogP contribution in [0.25, 0.3) is 0 Å². The van der Waals surface area contributed by atoms with Gasteiger partial charge in [-0.25, -0.2) is 19.1 Å². The van der Waals surface area contributed by atoms with Crippen molar-refractivity contribution in [3.05, 3.63) is 30.1 Å². The van der Waals surface area contributed by atoms with Crippen molar-refractivity contribution in [2.45, 2.75) is 130 Å². The van der Waals surface area contributed by atoms with Crippen LogP contribution >= 0.6 is 0 Å². The molecule has 3 amide bonds. The molecule has 0 aliphatic carbocycles. The maximum absolute atomic E-state index is 12.5. The molecule has 0 saturated heterocycles. The van der Waals surface area contributed by atoms with Crippen LogP contribution in [-0.4, -0.2) is 58.5 Å². The predicted octanol–water partition coefficient (Wildman–Crippen LogP) is 6.83. The molecule has 1 unspecified atom stereocenters. The molecule has 9 nitrogen and oxygen atoms in total. The van der Waals surface area contributed by atoms with E-state index in [9.17, 15) is 18.6 Å². The van der Waals surface area contributed by atoms with Crippen LogP contribution in [0.2, 0.25) is 0 Å². The first-order valence-corrected chi connectivity index (χ1v) is 18.1. The molecule has 0 aromatic carbocycles. The van der Waals surface area contributed by atoms with E-state index >= 15 is 0 Å². The van der Waals surface area contributed by atoms with Crippen LogP contribution in [0.4, 0.5) is 9.59 Å². The highest BCUT2D eigenvalue weighted by Crippen LogP contribution is 2.13. The van der Waals surface area contributed by atoms with E-state index in [2.05, 4.69) is 12.2 Å². The Labute approximate surface area is 262 Å². The number of pyridine rings is 1. The van der Waals surface area contributed by atoms with Gasteiger partial charge in [0.15, 0.2) is 6.20 Å². The Bertz CT molecular complexity index is 930. The number of aromatic nitrogens is 1. The molecule has 1 atom stereocenters. The van der Waals surface area contributed by atoms with E-state index in [-0.39, 0.29) is 31.3 Å². The number of hydrogen-bond donors (Lipinski definition) is 1. The number of nitrogens with zero attached hydrogens (tertiary/aromatic N) is 2. The summed E-state index contributed by atoms with van der Waals surface area (Å²) in [5, 5.41) is 2.74. The van der Waals surface area contributed by atoms with Crippen molar-refractivity contribution in [2.24, 2.45) is 0 Å². The number of imide groups is 1. The van der Waals surface area contributed by atoms with E-state index in [0.717, 1.165) is 23.4 Å². The molecule has 0 bridgehead atoms. The van der Waals surface area contributed by atoms with E-state index in [1.807, 2.05) is 35.9 Å². The van der Waals surface area contributed by atoms with Crippen LogP contribution in [0, 0.1) is 0 Å². The third kappa shape index (κ3) is 20.2. The topological polar surface area (TPSA) is 106 Å². The molecule has 1 aromatic rings. The maximum Gasteiger partial charge on any atom is 0.417 e. The highest BCUT2D eigenvalue weighted by atomic mass is 32.2. The molecule has 43 heavy (non-hydrogen) atoms. The van der Waals surface area contributed by atoms with Crippen molar-refractivity contribution in [2.75, 3.05) is 31.3 Å². The molecule has 0 spiro atoms. The van der Waals surface area contributed by atoms with E-state index in [4.69, 9.17) is 9.47 Å². The summed E-state index contributed by atoms with van der Waals surface area (Å²) in [5.41, 5.74) is 0.802. The van der Waals surface area contributed by atoms with E-state index < -0.39 is 28.9 Å². The number of amides is 3. The first kappa shape index (κ1) is 38.5. The van der Waals surface area contributed by atoms with Gasteiger partial charge in [0, 0.05) is 36.4 Å². The summed E-state index contributed by atoms with van der Waals surface area (Å²) < 4.78 is 24.5. The lowest BCUT2D eigenvalue weighted by molar-refractivity contribution is -0.701. The monoisotopic (exact) mass is 624 g/mol. The molecule has 0 fully saturated rings. The van der Waals surface area contributed by atoms with Crippen LogP contribution < -0.4 is 9.88 Å². The highest BCUT2D eigenvalue weighted by molar-refractivity contribution is 7.85. The van der Waals surface area contributed by atoms with Gasteiger partial charge in [0.2, 0.25) is 11.6 Å². The molecule has 1 N–H and O–H groups in total. The zero-order valence-corrected chi connectivity index (χ0v) is 27.9. The van der Waals surface area contributed by atoms with Crippen LogP contribution in [0.1, 0.15) is 123 Å². The minimum atomic E-state index is -1.33. The van der Waals surface area contributed by atoms with Gasteiger partial charge in [0.25, 0.3) is 0 Å². The predicted molar refractivity (Wildman–Crippen MR) is 172 cm³/mol. The van der Waals surface area contributed by atoms with E-state index in [0.29, 0.717) is 13.1 Å². The van der Waals surface area contributed by atoms with Gasteiger partial charge in [-0.1, -0.05) is 103 Å². The van der Waals surface area contributed by atoms with Crippen molar-refractivity contribution in [1.82, 2.24) is 10.2 Å². The zero-order chi connectivity index (χ0) is 31.5. The zero-order valence-electron chi connectivity index (χ0n) is 27.1. The lowest BCUT2D eigenvalue weighted by atomic mass is 10.0. The van der Waals surface area contributed by atoms with Crippen LogP contribution in [0.3, 0.4) is 0 Å². The summed E-state index contributed by atoms with van der Waals surface area (Å²) in [7, 11) is -1.33. The SMILES string of the molecule is CCCCCCCCCCCCCCCCCNC(=O)OCCS(=O)CCOC(=O)N(Cc1cccc[n+]1CC)C(C)=O. The van der Waals surface area contributed by atoms with Crippen molar-refractivity contribution in [3.63, 3.8) is 0 Å². The second kappa shape index (κ2) is 26.0. The molecular formula is C33H58N3O6S+.